The summed E-state index contributed by atoms with van der Waals surface area (Å²) in [6.07, 6.45) is 1.20. The number of hydrogen-bond donors (Lipinski definition) is 2. The molecule has 2 aromatic rings. The van der Waals surface area contributed by atoms with Gasteiger partial charge >= 0.3 is 5.97 Å². The maximum Gasteiger partial charge on any atom is 0.358 e. The molecule has 0 atom stereocenters. The highest BCUT2D eigenvalue weighted by Crippen LogP contribution is 2.11. The number of aromatic carboxylic acids is 1. The molecule has 0 aliphatic carbocycles. The van der Waals surface area contributed by atoms with Gasteiger partial charge in [-0.15, -0.1) is 5.10 Å². The van der Waals surface area contributed by atoms with Crippen molar-refractivity contribution in [1.82, 2.24) is 15.0 Å². The Morgan fingerprint density at radius 1 is 1.53 bits per heavy atom. The van der Waals surface area contributed by atoms with Crippen LogP contribution in [0.15, 0.2) is 23.0 Å². The lowest BCUT2D eigenvalue weighted by molar-refractivity contribution is -0.116. The highest BCUT2D eigenvalue weighted by molar-refractivity contribution is 7.08. The second kappa shape index (κ2) is 4.74. The van der Waals surface area contributed by atoms with E-state index in [-0.39, 0.29) is 18.1 Å². The Kier molecular flexibility index (Phi) is 3.15. The number of nitrogens with zero attached hydrogens (tertiary/aromatic N) is 3. The Morgan fingerprint density at radius 3 is 2.94 bits per heavy atom. The average molecular weight is 252 g/mol. The van der Waals surface area contributed by atoms with Crippen LogP contribution < -0.4 is 5.32 Å². The number of hydrogen-bond acceptors (Lipinski definition) is 5. The first kappa shape index (κ1) is 11.3. The van der Waals surface area contributed by atoms with Crippen molar-refractivity contribution in [1.29, 1.82) is 0 Å². The fourth-order valence-corrected chi connectivity index (χ4v) is 1.74. The number of carbonyl (C=O) groups excluding carboxylic acids is 1. The molecule has 8 heteroatoms. The summed E-state index contributed by atoms with van der Waals surface area (Å²) in [6.45, 7) is -0.0733. The van der Waals surface area contributed by atoms with Crippen molar-refractivity contribution in [2.24, 2.45) is 0 Å². The van der Waals surface area contributed by atoms with Crippen LogP contribution in [-0.2, 0) is 11.3 Å². The third-order valence-electron chi connectivity index (χ3n) is 1.87. The van der Waals surface area contributed by atoms with Crippen LogP contribution >= 0.6 is 11.3 Å². The maximum absolute atomic E-state index is 11.5. The van der Waals surface area contributed by atoms with Crippen LogP contribution in [0.5, 0.6) is 0 Å². The van der Waals surface area contributed by atoms with Crippen molar-refractivity contribution in [2.45, 2.75) is 6.54 Å². The van der Waals surface area contributed by atoms with E-state index < -0.39 is 5.97 Å². The van der Waals surface area contributed by atoms with Crippen molar-refractivity contribution < 1.29 is 14.7 Å². The normalized spacial score (nSPS) is 10.1. The molecular weight excluding hydrogens is 244 g/mol. The van der Waals surface area contributed by atoms with Crippen LogP contribution in [-0.4, -0.2) is 32.0 Å². The second-order valence-electron chi connectivity index (χ2n) is 3.17. The minimum Gasteiger partial charge on any atom is -0.476 e. The van der Waals surface area contributed by atoms with E-state index in [1.165, 1.54) is 22.2 Å². The van der Waals surface area contributed by atoms with E-state index in [4.69, 9.17) is 5.11 Å². The SMILES string of the molecule is O=C(Cn1cc(C(=O)O)nn1)Nc1ccsc1. The van der Waals surface area contributed by atoms with Crippen molar-refractivity contribution >= 4 is 28.9 Å². The molecule has 17 heavy (non-hydrogen) atoms. The highest BCUT2D eigenvalue weighted by Gasteiger charge is 2.10. The Hall–Kier alpha value is -2.22. The molecule has 2 rings (SSSR count). The molecular formula is C9H8N4O3S. The summed E-state index contributed by atoms with van der Waals surface area (Å²) in [4.78, 5) is 22.1. The van der Waals surface area contributed by atoms with Crippen LogP contribution in [0.4, 0.5) is 5.69 Å². The summed E-state index contributed by atoms with van der Waals surface area (Å²) >= 11 is 1.47. The van der Waals surface area contributed by atoms with Crippen molar-refractivity contribution in [3.05, 3.63) is 28.7 Å². The van der Waals surface area contributed by atoms with E-state index in [9.17, 15) is 9.59 Å². The molecule has 88 valence electrons. The summed E-state index contributed by atoms with van der Waals surface area (Å²) in [5.74, 6) is -1.46. The number of amides is 1. The summed E-state index contributed by atoms with van der Waals surface area (Å²) in [5, 5.41) is 21.8. The van der Waals surface area contributed by atoms with Gasteiger partial charge < -0.3 is 10.4 Å². The van der Waals surface area contributed by atoms with Gasteiger partial charge in [0.05, 0.1) is 11.9 Å². The number of carboxylic acids is 1. The third kappa shape index (κ3) is 2.88. The van der Waals surface area contributed by atoms with Crippen molar-refractivity contribution in [3.8, 4) is 0 Å². The quantitative estimate of drug-likeness (QED) is 0.833. The Balaban J connectivity index is 1.96. The van der Waals surface area contributed by atoms with Crippen LogP contribution in [0.25, 0.3) is 0 Å². The number of anilines is 1. The first-order valence-corrected chi connectivity index (χ1v) is 5.55. The third-order valence-corrected chi connectivity index (χ3v) is 2.55. The molecule has 0 bridgehead atoms. The molecule has 0 fully saturated rings. The molecule has 0 unspecified atom stereocenters. The Morgan fingerprint density at radius 2 is 2.35 bits per heavy atom. The van der Waals surface area contributed by atoms with Gasteiger partial charge in [-0.1, -0.05) is 5.21 Å². The minimum atomic E-state index is -1.17. The largest absolute Gasteiger partial charge is 0.476 e. The van der Waals surface area contributed by atoms with Crippen LogP contribution in [0, 0.1) is 0 Å². The van der Waals surface area contributed by atoms with E-state index in [1.54, 1.807) is 11.4 Å². The second-order valence-corrected chi connectivity index (χ2v) is 3.95. The molecule has 0 aromatic carbocycles. The predicted octanol–water partition coefficient (Wildman–Crippen LogP) is 0.676. The fourth-order valence-electron chi connectivity index (χ4n) is 1.16. The van der Waals surface area contributed by atoms with E-state index in [1.807, 2.05) is 5.38 Å². The molecule has 7 nitrogen and oxygen atoms in total. The van der Waals surface area contributed by atoms with Crippen LogP contribution in [0.1, 0.15) is 10.5 Å². The molecule has 0 aliphatic rings. The monoisotopic (exact) mass is 252 g/mol. The van der Waals surface area contributed by atoms with Gasteiger partial charge in [-0.05, 0) is 11.4 Å². The first-order valence-electron chi connectivity index (χ1n) is 4.60. The standard InChI is InChI=1S/C9H8N4O3S/c14-8(10-6-1-2-17-5-6)4-13-3-7(9(15)16)11-12-13/h1-3,5H,4H2,(H,10,14)(H,15,16). The van der Waals surface area contributed by atoms with Crippen molar-refractivity contribution in [3.63, 3.8) is 0 Å². The molecule has 0 saturated carbocycles. The number of aromatic nitrogens is 3. The topological polar surface area (TPSA) is 97.1 Å². The van der Waals surface area contributed by atoms with Crippen molar-refractivity contribution in [2.75, 3.05) is 5.32 Å². The van der Waals surface area contributed by atoms with E-state index in [0.29, 0.717) is 5.69 Å². The number of nitrogens with one attached hydrogen (secondary N) is 1. The molecule has 0 spiro atoms. The smallest absolute Gasteiger partial charge is 0.358 e. The molecule has 1 amide bonds. The lowest BCUT2D eigenvalue weighted by atomic mass is 10.4. The Labute approximate surface area is 99.7 Å². The molecule has 2 heterocycles. The number of carbonyl (C=O) groups is 2. The van der Waals surface area contributed by atoms with Gasteiger partial charge in [-0.25, -0.2) is 9.48 Å². The Bertz CT molecular complexity index is 534. The average Bonchev–Trinajstić information content (AvgIpc) is 2.88. The summed E-state index contributed by atoms with van der Waals surface area (Å²) in [5.41, 5.74) is 0.520. The van der Waals surface area contributed by atoms with Gasteiger partial charge in [0.2, 0.25) is 5.91 Å². The van der Waals surface area contributed by atoms with E-state index >= 15 is 0 Å². The number of carboxylic acid groups (broad SMARTS) is 1. The zero-order valence-corrected chi connectivity index (χ0v) is 9.35. The zero-order chi connectivity index (χ0) is 12.3. The lowest BCUT2D eigenvalue weighted by Gasteiger charge is -2.01. The van der Waals surface area contributed by atoms with Crippen LogP contribution in [0.2, 0.25) is 0 Å². The van der Waals surface area contributed by atoms with Gasteiger partial charge in [0.1, 0.15) is 6.54 Å². The summed E-state index contributed by atoms with van der Waals surface area (Å²) in [7, 11) is 0. The lowest BCUT2D eigenvalue weighted by Crippen LogP contribution is -2.18. The highest BCUT2D eigenvalue weighted by atomic mass is 32.1. The predicted molar refractivity (Wildman–Crippen MR) is 59.9 cm³/mol. The first-order chi connectivity index (χ1) is 8.15. The van der Waals surface area contributed by atoms with Gasteiger partial charge in [0.15, 0.2) is 5.69 Å². The molecule has 2 aromatic heterocycles. The molecule has 2 N–H and O–H groups in total. The van der Waals surface area contributed by atoms with Gasteiger partial charge in [-0.2, -0.15) is 11.3 Å². The van der Waals surface area contributed by atoms with E-state index in [0.717, 1.165) is 0 Å². The zero-order valence-electron chi connectivity index (χ0n) is 8.53. The van der Waals surface area contributed by atoms with E-state index in [2.05, 4.69) is 15.6 Å². The molecule has 0 saturated heterocycles. The maximum atomic E-state index is 11.5. The molecule has 0 radical (unpaired) electrons. The molecule has 0 aliphatic heterocycles. The number of rotatable bonds is 4. The summed E-state index contributed by atoms with van der Waals surface area (Å²) in [6, 6.07) is 1.77. The fraction of sp³-hybridized carbons (Fsp3) is 0.111. The van der Waals surface area contributed by atoms with Gasteiger partial charge in [0.25, 0.3) is 0 Å². The van der Waals surface area contributed by atoms with Gasteiger partial charge in [0, 0.05) is 5.38 Å². The summed E-state index contributed by atoms with van der Waals surface area (Å²) < 4.78 is 1.17. The van der Waals surface area contributed by atoms with Crippen LogP contribution in [0.3, 0.4) is 0 Å². The number of thiophene rings is 1. The van der Waals surface area contributed by atoms with Gasteiger partial charge in [-0.3, -0.25) is 4.79 Å². The minimum absolute atomic E-state index is 0.0733.